The monoisotopic (exact) mass is 318 g/mol. The second-order valence-corrected chi connectivity index (χ2v) is 4.44. The van der Waals surface area contributed by atoms with Crippen LogP contribution in [0.4, 0.5) is 23.4 Å². The summed E-state index contributed by atoms with van der Waals surface area (Å²) in [7, 11) is 0. The zero-order valence-corrected chi connectivity index (χ0v) is 11.0. The minimum Gasteiger partial charge on any atom is -0.307 e. The summed E-state index contributed by atoms with van der Waals surface area (Å²) in [4.78, 5) is 15.6. The Morgan fingerprint density at radius 2 is 1.90 bits per heavy atom. The Morgan fingerprint density at radius 1 is 1.19 bits per heavy atom. The number of hydrogen-bond acceptors (Lipinski definition) is 2. The first-order valence-corrected chi connectivity index (χ1v) is 5.95. The van der Waals surface area contributed by atoms with Crippen LogP contribution in [0.15, 0.2) is 36.5 Å². The molecule has 1 aromatic heterocycles. The Balaban J connectivity index is 2.28. The van der Waals surface area contributed by atoms with Crippen LogP contribution >= 0.6 is 11.6 Å². The molecular formula is C13H7ClF4N2O. The number of anilines is 1. The van der Waals surface area contributed by atoms with Crippen LogP contribution < -0.4 is 5.32 Å². The average molecular weight is 319 g/mol. The number of nitrogens with one attached hydrogen (secondary N) is 1. The molecule has 0 saturated heterocycles. The van der Waals surface area contributed by atoms with Crippen molar-refractivity contribution in [3.8, 4) is 0 Å². The third-order valence-corrected chi connectivity index (χ3v) is 2.73. The van der Waals surface area contributed by atoms with Crippen molar-refractivity contribution in [2.75, 3.05) is 5.32 Å². The molecule has 0 spiro atoms. The number of benzene rings is 1. The first kappa shape index (κ1) is 15.2. The molecule has 0 aliphatic heterocycles. The van der Waals surface area contributed by atoms with Crippen LogP contribution in [0, 0.1) is 5.82 Å². The number of carbonyl (C=O) groups excluding carboxylic acids is 1. The molecule has 3 nitrogen and oxygen atoms in total. The van der Waals surface area contributed by atoms with Crippen molar-refractivity contribution >= 4 is 23.3 Å². The third-order valence-electron chi connectivity index (χ3n) is 2.50. The zero-order chi connectivity index (χ0) is 15.6. The molecule has 0 saturated carbocycles. The number of aromatic nitrogens is 1. The van der Waals surface area contributed by atoms with Gasteiger partial charge in [-0.05, 0) is 30.3 Å². The Hall–Kier alpha value is -2.15. The molecule has 1 heterocycles. The van der Waals surface area contributed by atoms with E-state index in [0.717, 1.165) is 6.07 Å². The Kier molecular flexibility index (Phi) is 4.13. The molecule has 0 atom stereocenters. The highest BCUT2D eigenvalue weighted by atomic mass is 35.5. The van der Waals surface area contributed by atoms with Crippen molar-refractivity contribution in [1.29, 1.82) is 0 Å². The summed E-state index contributed by atoms with van der Waals surface area (Å²) in [6, 6.07) is 4.77. The molecule has 2 aromatic rings. The van der Waals surface area contributed by atoms with Crippen LogP contribution in [0.25, 0.3) is 0 Å². The first-order valence-electron chi connectivity index (χ1n) is 5.57. The fourth-order valence-corrected chi connectivity index (χ4v) is 1.71. The van der Waals surface area contributed by atoms with E-state index >= 15 is 0 Å². The van der Waals surface area contributed by atoms with Gasteiger partial charge < -0.3 is 5.32 Å². The van der Waals surface area contributed by atoms with Crippen molar-refractivity contribution in [3.05, 3.63) is 58.5 Å². The summed E-state index contributed by atoms with van der Waals surface area (Å²) in [5.41, 5.74) is -1.85. The van der Waals surface area contributed by atoms with Crippen LogP contribution in [0.3, 0.4) is 0 Å². The molecule has 0 unspecified atom stereocenters. The third kappa shape index (κ3) is 3.69. The minimum atomic E-state index is -4.88. The van der Waals surface area contributed by atoms with Gasteiger partial charge in [-0.15, -0.1) is 0 Å². The van der Waals surface area contributed by atoms with E-state index in [0.29, 0.717) is 17.2 Å². The van der Waals surface area contributed by atoms with Crippen molar-refractivity contribution in [1.82, 2.24) is 4.98 Å². The molecule has 1 aromatic carbocycles. The van der Waals surface area contributed by atoms with Gasteiger partial charge in [0.05, 0.1) is 5.56 Å². The van der Waals surface area contributed by atoms with Gasteiger partial charge >= 0.3 is 6.18 Å². The number of hydrogen-bond donors (Lipinski definition) is 1. The average Bonchev–Trinajstić information content (AvgIpc) is 2.37. The summed E-state index contributed by atoms with van der Waals surface area (Å²) >= 11 is 5.69. The molecule has 8 heteroatoms. The van der Waals surface area contributed by atoms with E-state index < -0.39 is 23.5 Å². The molecule has 2 rings (SSSR count). The van der Waals surface area contributed by atoms with Crippen LogP contribution in [0.1, 0.15) is 15.9 Å². The summed E-state index contributed by atoms with van der Waals surface area (Å²) in [5.74, 6) is -2.22. The molecular weight excluding hydrogens is 312 g/mol. The number of amides is 1. The highest BCUT2D eigenvalue weighted by Crippen LogP contribution is 2.32. The van der Waals surface area contributed by atoms with Gasteiger partial charge in [0, 0.05) is 16.8 Å². The predicted molar refractivity (Wildman–Crippen MR) is 68.6 cm³/mol. The van der Waals surface area contributed by atoms with Crippen molar-refractivity contribution in [2.24, 2.45) is 0 Å². The lowest BCUT2D eigenvalue weighted by molar-refractivity contribution is -0.140. The molecule has 21 heavy (non-hydrogen) atoms. The van der Waals surface area contributed by atoms with Gasteiger partial charge in [-0.3, -0.25) is 4.79 Å². The second kappa shape index (κ2) is 5.69. The number of pyridine rings is 1. The van der Waals surface area contributed by atoms with Gasteiger partial charge in [-0.1, -0.05) is 11.6 Å². The van der Waals surface area contributed by atoms with Gasteiger partial charge in [0.15, 0.2) is 0 Å². The van der Waals surface area contributed by atoms with Gasteiger partial charge in [0.1, 0.15) is 11.6 Å². The quantitative estimate of drug-likeness (QED) is 0.845. The van der Waals surface area contributed by atoms with E-state index in [4.69, 9.17) is 11.6 Å². The van der Waals surface area contributed by atoms with E-state index in [1.165, 1.54) is 18.3 Å². The molecule has 0 bridgehead atoms. The largest absolute Gasteiger partial charge is 0.419 e. The van der Waals surface area contributed by atoms with E-state index in [2.05, 4.69) is 10.3 Å². The number of nitrogens with zero attached hydrogens (tertiary/aromatic N) is 1. The first-order chi connectivity index (χ1) is 9.77. The molecule has 110 valence electrons. The standard InChI is InChI=1S/C13H7ClF4N2O/c14-8-3-4-19-11(6-8)20-12(21)7-1-2-10(15)9(5-7)13(16,17)18/h1-6H,(H,19,20,21). The highest BCUT2D eigenvalue weighted by molar-refractivity contribution is 6.30. The van der Waals surface area contributed by atoms with Gasteiger partial charge in [-0.2, -0.15) is 13.2 Å². The van der Waals surface area contributed by atoms with Crippen LogP contribution in [0.2, 0.25) is 5.02 Å². The topological polar surface area (TPSA) is 42.0 Å². The Bertz CT molecular complexity index is 688. The maximum atomic E-state index is 13.1. The number of carbonyl (C=O) groups is 1. The molecule has 0 aliphatic rings. The summed E-state index contributed by atoms with van der Waals surface area (Å²) in [6.45, 7) is 0. The zero-order valence-electron chi connectivity index (χ0n) is 10.2. The fourth-order valence-electron chi connectivity index (χ4n) is 1.55. The molecule has 1 N–H and O–H groups in total. The molecule has 1 amide bonds. The Morgan fingerprint density at radius 3 is 2.52 bits per heavy atom. The van der Waals surface area contributed by atoms with E-state index in [1.54, 1.807) is 0 Å². The molecule has 0 fully saturated rings. The summed E-state index contributed by atoms with van der Waals surface area (Å²) in [6.07, 6.45) is -3.56. The van der Waals surface area contributed by atoms with Crippen molar-refractivity contribution in [2.45, 2.75) is 6.18 Å². The normalized spacial score (nSPS) is 11.3. The van der Waals surface area contributed by atoms with Crippen LogP contribution in [0.5, 0.6) is 0 Å². The highest BCUT2D eigenvalue weighted by Gasteiger charge is 2.34. The lowest BCUT2D eigenvalue weighted by Gasteiger charge is -2.10. The van der Waals surface area contributed by atoms with E-state index in [1.807, 2.05) is 0 Å². The van der Waals surface area contributed by atoms with Crippen molar-refractivity contribution in [3.63, 3.8) is 0 Å². The van der Waals surface area contributed by atoms with Gasteiger partial charge in [0.25, 0.3) is 5.91 Å². The van der Waals surface area contributed by atoms with E-state index in [-0.39, 0.29) is 11.4 Å². The van der Waals surface area contributed by atoms with Gasteiger partial charge in [0.2, 0.25) is 0 Å². The minimum absolute atomic E-state index is 0.0744. The van der Waals surface area contributed by atoms with Crippen molar-refractivity contribution < 1.29 is 22.4 Å². The molecule has 0 aliphatic carbocycles. The number of halogens is 5. The lowest BCUT2D eigenvalue weighted by atomic mass is 10.1. The Labute approximate surface area is 121 Å². The maximum Gasteiger partial charge on any atom is 0.419 e. The maximum absolute atomic E-state index is 13.1. The smallest absolute Gasteiger partial charge is 0.307 e. The van der Waals surface area contributed by atoms with E-state index in [9.17, 15) is 22.4 Å². The predicted octanol–water partition coefficient (Wildman–Crippen LogP) is 4.15. The van der Waals surface area contributed by atoms with Gasteiger partial charge in [-0.25, -0.2) is 9.37 Å². The summed E-state index contributed by atoms with van der Waals surface area (Å²) in [5, 5.41) is 2.57. The number of alkyl halides is 3. The van der Waals surface area contributed by atoms with Crippen LogP contribution in [-0.4, -0.2) is 10.9 Å². The summed E-state index contributed by atoms with van der Waals surface area (Å²) < 4.78 is 50.8. The second-order valence-electron chi connectivity index (χ2n) is 4.01. The molecule has 0 radical (unpaired) electrons. The SMILES string of the molecule is O=C(Nc1cc(Cl)ccn1)c1ccc(F)c(C(F)(F)F)c1. The lowest BCUT2D eigenvalue weighted by Crippen LogP contribution is -2.15. The van der Waals surface area contributed by atoms with Crippen LogP contribution in [-0.2, 0) is 6.18 Å². The fraction of sp³-hybridized carbons (Fsp3) is 0.0769. The number of rotatable bonds is 2.